The molecule has 0 aliphatic rings. The van der Waals surface area contributed by atoms with Crippen LogP contribution in [0.15, 0.2) is 47.1 Å². The molecule has 0 saturated heterocycles. The molecule has 0 fully saturated rings. The van der Waals surface area contributed by atoms with E-state index in [1.165, 1.54) is 17.0 Å². The summed E-state index contributed by atoms with van der Waals surface area (Å²) in [4.78, 5) is 17.8. The molecule has 1 aromatic carbocycles. The molecule has 1 heterocycles. The molecular weight excluding hydrogens is 296 g/mol. The van der Waals surface area contributed by atoms with Crippen LogP contribution in [0.1, 0.15) is 10.5 Å². The van der Waals surface area contributed by atoms with Crippen molar-refractivity contribution in [3.05, 3.63) is 52.8 Å². The number of halogens is 1. The first kappa shape index (κ1) is 12.6. The minimum atomic E-state index is -0.215. The smallest absolute Gasteiger partial charge is 0.277 e. The van der Waals surface area contributed by atoms with Crippen molar-refractivity contribution in [2.24, 2.45) is 0 Å². The molecule has 18 heavy (non-hydrogen) atoms. The monoisotopic (exact) mass is 306 g/mol. The van der Waals surface area contributed by atoms with Crippen molar-refractivity contribution in [2.75, 3.05) is 11.9 Å². The van der Waals surface area contributed by atoms with Crippen LogP contribution in [0.3, 0.4) is 0 Å². The molecule has 5 heteroatoms. The summed E-state index contributed by atoms with van der Waals surface area (Å²) in [5.41, 5.74) is 1.04. The third-order valence-corrected chi connectivity index (χ3v) is 3.14. The lowest BCUT2D eigenvalue weighted by atomic mass is 10.2. The fourth-order valence-corrected chi connectivity index (χ4v) is 1.92. The van der Waals surface area contributed by atoms with Crippen LogP contribution in [0.4, 0.5) is 5.69 Å². The fourth-order valence-electron chi connectivity index (χ4n) is 1.50. The lowest BCUT2D eigenvalue weighted by molar-refractivity contribution is 0.0987. The number of anilines is 1. The predicted molar refractivity (Wildman–Crippen MR) is 72.8 cm³/mol. The Labute approximate surface area is 113 Å². The number of phenolic OH excluding ortho intramolecular Hbond substituents is 1. The normalized spacial score (nSPS) is 10.1. The Balaban J connectivity index is 2.29. The third-order valence-electron chi connectivity index (χ3n) is 2.50. The zero-order valence-corrected chi connectivity index (χ0v) is 11.3. The van der Waals surface area contributed by atoms with Gasteiger partial charge in [0, 0.05) is 23.4 Å². The molecule has 92 valence electrons. The molecule has 1 aromatic heterocycles. The molecule has 0 atom stereocenters. The molecule has 0 aliphatic carbocycles. The minimum Gasteiger partial charge on any atom is -0.508 e. The Morgan fingerprint density at radius 1 is 1.28 bits per heavy atom. The standard InChI is InChI=1S/C13H11BrN2O2/c1-16(9-4-6-10(17)7-5-9)13(18)12-11(14)3-2-8-15-12/h2-8,17H,1H3. The number of hydrogen-bond donors (Lipinski definition) is 1. The minimum absolute atomic E-state index is 0.165. The summed E-state index contributed by atoms with van der Waals surface area (Å²) < 4.78 is 0.653. The van der Waals surface area contributed by atoms with Gasteiger partial charge in [-0.15, -0.1) is 0 Å². The number of benzene rings is 1. The first-order valence-corrected chi connectivity index (χ1v) is 6.06. The summed E-state index contributed by atoms with van der Waals surface area (Å²) in [5, 5.41) is 9.21. The molecule has 0 bridgehead atoms. The van der Waals surface area contributed by atoms with E-state index in [0.717, 1.165) is 0 Å². The van der Waals surface area contributed by atoms with Crippen LogP contribution in [0.2, 0.25) is 0 Å². The number of amides is 1. The summed E-state index contributed by atoms with van der Waals surface area (Å²) in [6.07, 6.45) is 1.57. The topological polar surface area (TPSA) is 53.4 Å². The quantitative estimate of drug-likeness (QED) is 0.928. The lowest BCUT2D eigenvalue weighted by Gasteiger charge is -2.17. The summed E-state index contributed by atoms with van der Waals surface area (Å²) in [7, 11) is 1.66. The average molecular weight is 307 g/mol. The Bertz CT molecular complexity index is 569. The van der Waals surface area contributed by atoms with Crippen LogP contribution in [-0.2, 0) is 0 Å². The molecule has 1 N–H and O–H groups in total. The van der Waals surface area contributed by atoms with E-state index in [9.17, 15) is 9.90 Å². The highest BCUT2D eigenvalue weighted by atomic mass is 79.9. The van der Waals surface area contributed by atoms with Crippen LogP contribution in [0.25, 0.3) is 0 Å². The van der Waals surface area contributed by atoms with Gasteiger partial charge in [0.15, 0.2) is 0 Å². The van der Waals surface area contributed by atoms with E-state index in [1.807, 2.05) is 0 Å². The number of carbonyl (C=O) groups is 1. The van der Waals surface area contributed by atoms with Crippen molar-refractivity contribution in [3.8, 4) is 5.75 Å². The average Bonchev–Trinajstić information content (AvgIpc) is 2.38. The van der Waals surface area contributed by atoms with Gasteiger partial charge in [0.1, 0.15) is 11.4 Å². The van der Waals surface area contributed by atoms with E-state index in [-0.39, 0.29) is 11.7 Å². The van der Waals surface area contributed by atoms with E-state index >= 15 is 0 Å². The Morgan fingerprint density at radius 2 is 1.94 bits per heavy atom. The lowest BCUT2D eigenvalue weighted by Crippen LogP contribution is -2.27. The van der Waals surface area contributed by atoms with Crippen LogP contribution in [-0.4, -0.2) is 23.0 Å². The van der Waals surface area contributed by atoms with Crippen LogP contribution < -0.4 is 4.90 Å². The van der Waals surface area contributed by atoms with Crippen LogP contribution >= 0.6 is 15.9 Å². The number of carbonyl (C=O) groups excluding carboxylic acids is 1. The van der Waals surface area contributed by atoms with Crippen molar-refractivity contribution in [1.82, 2.24) is 4.98 Å². The number of hydrogen-bond acceptors (Lipinski definition) is 3. The number of aromatic hydroxyl groups is 1. The summed E-state index contributed by atoms with van der Waals surface area (Å²) in [6, 6.07) is 9.93. The van der Waals surface area contributed by atoms with Gasteiger partial charge in [0.25, 0.3) is 5.91 Å². The molecule has 1 amide bonds. The number of phenols is 1. The second kappa shape index (κ2) is 5.18. The second-order valence-corrected chi connectivity index (χ2v) is 4.57. The fraction of sp³-hybridized carbons (Fsp3) is 0.0769. The highest BCUT2D eigenvalue weighted by Gasteiger charge is 2.17. The van der Waals surface area contributed by atoms with E-state index < -0.39 is 0 Å². The van der Waals surface area contributed by atoms with Gasteiger partial charge in [0.2, 0.25) is 0 Å². The Morgan fingerprint density at radius 3 is 2.56 bits per heavy atom. The summed E-state index contributed by atoms with van der Waals surface area (Å²) in [6.45, 7) is 0. The first-order valence-electron chi connectivity index (χ1n) is 5.27. The predicted octanol–water partition coefficient (Wildman–Crippen LogP) is 2.83. The molecule has 0 saturated carbocycles. The largest absolute Gasteiger partial charge is 0.508 e. The second-order valence-electron chi connectivity index (χ2n) is 3.71. The molecule has 4 nitrogen and oxygen atoms in total. The van der Waals surface area contributed by atoms with E-state index in [0.29, 0.717) is 15.9 Å². The van der Waals surface area contributed by atoms with Gasteiger partial charge in [0.05, 0.1) is 0 Å². The highest BCUT2D eigenvalue weighted by molar-refractivity contribution is 9.10. The Hall–Kier alpha value is -1.88. The van der Waals surface area contributed by atoms with Crippen LogP contribution in [0, 0.1) is 0 Å². The number of pyridine rings is 1. The van der Waals surface area contributed by atoms with Gasteiger partial charge in [-0.1, -0.05) is 0 Å². The number of aromatic nitrogens is 1. The van der Waals surface area contributed by atoms with Crippen molar-refractivity contribution in [1.29, 1.82) is 0 Å². The van der Waals surface area contributed by atoms with E-state index in [1.54, 1.807) is 37.5 Å². The highest BCUT2D eigenvalue weighted by Crippen LogP contribution is 2.21. The maximum Gasteiger partial charge on any atom is 0.277 e. The zero-order valence-electron chi connectivity index (χ0n) is 9.67. The zero-order chi connectivity index (χ0) is 13.1. The van der Waals surface area contributed by atoms with Crippen molar-refractivity contribution < 1.29 is 9.90 Å². The van der Waals surface area contributed by atoms with Crippen LogP contribution in [0.5, 0.6) is 5.75 Å². The Kier molecular flexibility index (Phi) is 3.62. The molecule has 2 aromatic rings. The summed E-state index contributed by atoms with van der Waals surface area (Å²) >= 11 is 3.30. The number of rotatable bonds is 2. The third kappa shape index (κ3) is 2.51. The molecule has 0 radical (unpaired) electrons. The van der Waals surface area contributed by atoms with Gasteiger partial charge < -0.3 is 10.0 Å². The van der Waals surface area contributed by atoms with Gasteiger partial charge >= 0.3 is 0 Å². The maximum absolute atomic E-state index is 12.2. The SMILES string of the molecule is CN(C(=O)c1ncccc1Br)c1ccc(O)cc1. The first-order chi connectivity index (χ1) is 8.59. The van der Waals surface area contributed by atoms with Gasteiger partial charge in [-0.05, 0) is 52.3 Å². The molecular formula is C13H11BrN2O2. The number of nitrogens with zero attached hydrogens (tertiary/aromatic N) is 2. The van der Waals surface area contributed by atoms with Gasteiger partial charge in [-0.25, -0.2) is 4.98 Å². The summed E-state index contributed by atoms with van der Waals surface area (Å²) in [5.74, 6) is -0.0493. The van der Waals surface area contributed by atoms with E-state index in [4.69, 9.17) is 0 Å². The molecule has 2 rings (SSSR count). The molecule has 0 aliphatic heterocycles. The molecule has 0 unspecified atom stereocenters. The van der Waals surface area contributed by atoms with E-state index in [2.05, 4.69) is 20.9 Å². The maximum atomic E-state index is 12.2. The van der Waals surface area contributed by atoms with Crippen molar-refractivity contribution in [3.63, 3.8) is 0 Å². The van der Waals surface area contributed by atoms with Gasteiger partial charge in [-0.3, -0.25) is 4.79 Å². The van der Waals surface area contributed by atoms with Gasteiger partial charge in [-0.2, -0.15) is 0 Å². The molecule has 0 spiro atoms. The van der Waals surface area contributed by atoms with Crippen molar-refractivity contribution in [2.45, 2.75) is 0 Å². The van der Waals surface area contributed by atoms with Crippen molar-refractivity contribution >= 4 is 27.5 Å².